The number of aryl methyl sites for hydroxylation is 1. The van der Waals surface area contributed by atoms with Gasteiger partial charge in [-0.05, 0) is 59.0 Å². The third-order valence-electron chi connectivity index (χ3n) is 2.98. The summed E-state index contributed by atoms with van der Waals surface area (Å²) >= 11 is 9.38. The van der Waals surface area contributed by atoms with E-state index in [1.807, 2.05) is 18.2 Å². The summed E-state index contributed by atoms with van der Waals surface area (Å²) in [6.45, 7) is 0.987. The Labute approximate surface area is 128 Å². The fraction of sp³-hybridized carbons (Fsp3) is 0.250. The maximum absolute atomic E-state index is 5.96. The lowest BCUT2D eigenvalue weighted by Gasteiger charge is -2.07. The fourth-order valence-corrected chi connectivity index (χ4v) is 2.43. The molecule has 2 aromatic carbocycles. The van der Waals surface area contributed by atoms with E-state index in [1.54, 1.807) is 0 Å². The first kappa shape index (κ1) is 14.4. The Kier molecular flexibility index (Phi) is 5.74. The number of benzene rings is 2. The molecule has 19 heavy (non-hydrogen) atoms. The minimum absolute atomic E-state index is 0.745. The molecule has 0 aliphatic heterocycles. The molecule has 2 rings (SSSR count). The predicted octanol–water partition coefficient (Wildman–Crippen LogP) is 5.54. The molecule has 1 nitrogen and oxygen atoms in total. The summed E-state index contributed by atoms with van der Waals surface area (Å²) < 4.78 is 0.934. The maximum atomic E-state index is 5.96. The number of hydrogen-bond acceptors (Lipinski definition) is 1. The molecule has 3 heteroatoms. The highest BCUT2D eigenvalue weighted by Gasteiger charge is 1.98. The first-order valence-corrected chi connectivity index (χ1v) is 7.65. The second-order valence-corrected chi connectivity index (χ2v) is 5.76. The molecule has 0 amide bonds. The van der Waals surface area contributed by atoms with Gasteiger partial charge in [0.25, 0.3) is 0 Å². The van der Waals surface area contributed by atoms with Crippen molar-refractivity contribution >= 4 is 33.2 Å². The second-order valence-electron chi connectivity index (χ2n) is 4.50. The topological polar surface area (TPSA) is 12.0 Å². The Bertz CT molecular complexity index is 513. The molecule has 0 fully saturated rings. The van der Waals surface area contributed by atoms with Crippen molar-refractivity contribution in [3.05, 3.63) is 63.6 Å². The van der Waals surface area contributed by atoms with Crippen molar-refractivity contribution in [1.29, 1.82) is 0 Å². The van der Waals surface area contributed by atoms with Crippen LogP contribution in [0.4, 0.5) is 5.69 Å². The van der Waals surface area contributed by atoms with Gasteiger partial charge >= 0.3 is 0 Å². The van der Waals surface area contributed by atoms with Crippen LogP contribution in [0.2, 0.25) is 5.02 Å². The van der Waals surface area contributed by atoms with Crippen LogP contribution >= 0.6 is 27.5 Å². The summed E-state index contributed by atoms with van der Waals surface area (Å²) in [5.74, 6) is 0. The average Bonchev–Trinajstić information content (AvgIpc) is 2.43. The van der Waals surface area contributed by atoms with Crippen LogP contribution in [0.5, 0.6) is 0 Å². The summed E-state index contributed by atoms with van der Waals surface area (Å²) in [5.41, 5.74) is 2.52. The lowest BCUT2D eigenvalue weighted by atomic mass is 10.1. The number of rotatable bonds is 6. The van der Waals surface area contributed by atoms with Gasteiger partial charge < -0.3 is 5.32 Å². The molecule has 0 aliphatic carbocycles. The van der Waals surface area contributed by atoms with Crippen LogP contribution in [0, 0.1) is 0 Å². The fourth-order valence-electron chi connectivity index (χ4n) is 1.94. The van der Waals surface area contributed by atoms with Gasteiger partial charge in [-0.2, -0.15) is 0 Å². The van der Waals surface area contributed by atoms with Gasteiger partial charge in [-0.1, -0.05) is 41.9 Å². The van der Waals surface area contributed by atoms with Crippen LogP contribution in [0.3, 0.4) is 0 Å². The highest BCUT2D eigenvalue weighted by Crippen LogP contribution is 2.25. The summed E-state index contributed by atoms with van der Waals surface area (Å²) in [6, 6.07) is 16.5. The third kappa shape index (κ3) is 4.88. The monoisotopic (exact) mass is 337 g/mol. The molecule has 0 atom stereocenters. The minimum atomic E-state index is 0.745. The van der Waals surface area contributed by atoms with Crippen molar-refractivity contribution < 1.29 is 0 Å². The Morgan fingerprint density at radius 1 is 1.00 bits per heavy atom. The lowest BCUT2D eigenvalue weighted by Crippen LogP contribution is -2.02. The normalized spacial score (nSPS) is 10.4. The van der Waals surface area contributed by atoms with E-state index < -0.39 is 0 Å². The van der Waals surface area contributed by atoms with Crippen molar-refractivity contribution in [3.63, 3.8) is 0 Å². The SMILES string of the molecule is Clc1ccc(NCCCCc2ccccc2)cc1Br. The molecular weight excluding hydrogens is 322 g/mol. The Morgan fingerprint density at radius 3 is 2.53 bits per heavy atom. The zero-order chi connectivity index (χ0) is 13.5. The first-order chi connectivity index (χ1) is 9.25. The van der Waals surface area contributed by atoms with Crippen LogP contribution in [-0.4, -0.2) is 6.54 Å². The Balaban J connectivity index is 1.68. The van der Waals surface area contributed by atoms with Gasteiger partial charge in [0.2, 0.25) is 0 Å². The van der Waals surface area contributed by atoms with Crippen LogP contribution in [-0.2, 0) is 6.42 Å². The van der Waals surface area contributed by atoms with Crippen molar-refractivity contribution in [2.24, 2.45) is 0 Å². The lowest BCUT2D eigenvalue weighted by molar-refractivity contribution is 0.763. The van der Waals surface area contributed by atoms with Crippen LogP contribution in [0.25, 0.3) is 0 Å². The Hall–Kier alpha value is -0.990. The van der Waals surface area contributed by atoms with Crippen molar-refractivity contribution in [2.75, 3.05) is 11.9 Å². The standard InChI is InChI=1S/C16H17BrClN/c17-15-12-14(9-10-16(15)18)19-11-5-4-8-13-6-2-1-3-7-13/h1-3,6-7,9-10,12,19H,4-5,8,11H2. The smallest absolute Gasteiger partial charge is 0.0549 e. The molecule has 0 aliphatic rings. The van der Waals surface area contributed by atoms with Gasteiger partial charge in [0, 0.05) is 16.7 Å². The summed E-state index contributed by atoms with van der Waals surface area (Å²) in [5, 5.41) is 4.16. The first-order valence-electron chi connectivity index (χ1n) is 6.48. The molecule has 0 heterocycles. The van der Waals surface area contributed by atoms with Gasteiger partial charge in [-0.25, -0.2) is 0 Å². The Morgan fingerprint density at radius 2 is 1.79 bits per heavy atom. The van der Waals surface area contributed by atoms with Gasteiger partial charge in [0.05, 0.1) is 5.02 Å². The highest BCUT2D eigenvalue weighted by molar-refractivity contribution is 9.10. The van der Waals surface area contributed by atoms with Crippen molar-refractivity contribution in [3.8, 4) is 0 Å². The van der Waals surface area contributed by atoms with Crippen molar-refractivity contribution in [1.82, 2.24) is 0 Å². The highest BCUT2D eigenvalue weighted by atomic mass is 79.9. The van der Waals surface area contributed by atoms with E-state index in [1.165, 1.54) is 12.0 Å². The summed E-state index contributed by atoms with van der Waals surface area (Å²) in [4.78, 5) is 0. The van der Waals surface area contributed by atoms with E-state index in [-0.39, 0.29) is 0 Å². The van der Waals surface area contributed by atoms with Gasteiger partial charge in [0.15, 0.2) is 0 Å². The minimum Gasteiger partial charge on any atom is -0.385 e. The number of anilines is 1. The van der Waals surface area contributed by atoms with Crippen LogP contribution in [0.15, 0.2) is 53.0 Å². The van der Waals surface area contributed by atoms with Crippen LogP contribution in [0.1, 0.15) is 18.4 Å². The molecule has 0 saturated carbocycles. The second kappa shape index (κ2) is 7.56. The molecular formula is C16H17BrClN. The molecule has 0 saturated heterocycles. The summed E-state index contributed by atoms with van der Waals surface area (Å²) in [6.07, 6.45) is 3.51. The van der Waals surface area contributed by atoms with Gasteiger partial charge in [-0.15, -0.1) is 0 Å². The van der Waals surface area contributed by atoms with Crippen molar-refractivity contribution in [2.45, 2.75) is 19.3 Å². The summed E-state index contributed by atoms with van der Waals surface area (Å²) in [7, 11) is 0. The molecule has 0 radical (unpaired) electrons. The third-order valence-corrected chi connectivity index (χ3v) is 4.20. The zero-order valence-corrected chi connectivity index (χ0v) is 13.0. The van der Waals surface area contributed by atoms with E-state index in [9.17, 15) is 0 Å². The molecule has 0 spiro atoms. The quantitative estimate of drug-likeness (QED) is 0.682. The number of halogens is 2. The number of unbranched alkanes of at least 4 members (excludes halogenated alkanes) is 1. The molecule has 0 bridgehead atoms. The van der Waals surface area contributed by atoms with E-state index in [0.29, 0.717) is 0 Å². The van der Waals surface area contributed by atoms with E-state index in [2.05, 4.69) is 51.6 Å². The number of hydrogen-bond donors (Lipinski definition) is 1. The number of nitrogens with one attached hydrogen (secondary N) is 1. The molecule has 0 unspecified atom stereocenters. The predicted molar refractivity (Wildman–Crippen MR) is 87.0 cm³/mol. The van der Waals surface area contributed by atoms with E-state index in [4.69, 9.17) is 11.6 Å². The average molecular weight is 339 g/mol. The van der Waals surface area contributed by atoms with Gasteiger partial charge in [-0.3, -0.25) is 0 Å². The molecule has 0 aromatic heterocycles. The van der Waals surface area contributed by atoms with E-state index >= 15 is 0 Å². The van der Waals surface area contributed by atoms with Crippen LogP contribution < -0.4 is 5.32 Å². The molecule has 2 aromatic rings. The molecule has 1 N–H and O–H groups in total. The van der Waals surface area contributed by atoms with Gasteiger partial charge in [0.1, 0.15) is 0 Å². The van der Waals surface area contributed by atoms with E-state index in [0.717, 1.165) is 34.6 Å². The zero-order valence-electron chi connectivity index (χ0n) is 10.7. The maximum Gasteiger partial charge on any atom is 0.0549 e. The largest absolute Gasteiger partial charge is 0.385 e. The molecule has 100 valence electrons.